The Bertz CT molecular complexity index is 570. The molecular formula is C12H8F6PS2. The number of hydrogen-bond donors (Lipinski definition) is 0. The molecular weight excluding hydrogens is 353 g/mol. The normalized spacial score (nSPS) is 16.5. The average Bonchev–Trinajstić information content (AvgIpc) is 2.32. The van der Waals surface area contributed by atoms with Gasteiger partial charge in [-0.15, -0.1) is 0 Å². The van der Waals surface area contributed by atoms with Crippen molar-refractivity contribution in [1.29, 1.82) is 0 Å². The monoisotopic (exact) mass is 361 g/mol. The van der Waals surface area contributed by atoms with Crippen molar-refractivity contribution >= 4 is 31.3 Å². The van der Waals surface area contributed by atoms with E-state index in [-0.39, 0.29) is 0 Å². The molecule has 1 radical (unpaired) electrons. The van der Waals surface area contributed by atoms with Gasteiger partial charge in [0.2, 0.25) is 9.79 Å². The molecule has 115 valence electrons. The number of fused-ring (bicyclic) bond motifs is 2. The summed E-state index contributed by atoms with van der Waals surface area (Å²) in [6.45, 7) is 0. The fourth-order valence-corrected chi connectivity index (χ4v) is 3.71. The maximum absolute atomic E-state index is 10.7. The summed E-state index contributed by atoms with van der Waals surface area (Å²) in [7, 11) is -10.7. The second-order valence-electron chi connectivity index (χ2n) is 4.06. The molecule has 1 aliphatic rings. The zero-order chi connectivity index (χ0) is 15.8. The smallest absolute Gasteiger partial charge is 0.0791 e. The van der Waals surface area contributed by atoms with Crippen molar-refractivity contribution in [3.05, 3.63) is 48.5 Å². The maximum Gasteiger partial charge on any atom is 0.287 e. The molecule has 1 heterocycles. The fourth-order valence-electron chi connectivity index (χ4n) is 1.47. The summed E-state index contributed by atoms with van der Waals surface area (Å²) >= 11 is 3.72. The Morgan fingerprint density at radius 1 is 0.667 bits per heavy atom. The van der Waals surface area contributed by atoms with Crippen molar-refractivity contribution in [2.75, 3.05) is 0 Å². The van der Waals surface area contributed by atoms with Crippen LogP contribution in [0.1, 0.15) is 0 Å². The quantitative estimate of drug-likeness (QED) is 0.239. The van der Waals surface area contributed by atoms with Crippen LogP contribution >= 0.6 is 19.6 Å². The van der Waals surface area contributed by atoms with E-state index in [4.69, 9.17) is 0 Å². The average molecular weight is 361 g/mol. The Labute approximate surface area is 125 Å². The van der Waals surface area contributed by atoms with Crippen LogP contribution in [-0.4, -0.2) is 0 Å². The molecule has 0 bridgehead atoms. The van der Waals surface area contributed by atoms with Gasteiger partial charge < -0.3 is 0 Å². The molecule has 0 aromatic heterocycles. The van der Waals surface area contributed by atoms with Gasteiger partial charge in [-0.1, -0.05) is 36.0 Å². The summed E-state index contributed by atoms with van der Waals surface area (Å²) in [6, 6.07) is 17.1. The van der Waals surface area contributed by atoms with E-state index in [0.29, 0.717) is 0 Å². The molecule has 1 aliphatic heterocycles. The van der Waals surface area contributed by atoms with Crippen LogP contribution in [0.4, 0.5) is 25.2 Å². The molecule has 0 fully saturated rings. The molecule has 2 aromatic rings. The van der Waals surface area contributed by atoms with Gasteiger partial charge in [-0.25, -0.2) is 0 Å². The molecule has 0 saturated heterocycles. The number of rotatable bonds is 0. The third kappa shape index (κ3) is 6.63. The van der Waals surface area contributed by atoms with Crippen LogP contribution in [0.15, 0.2) is 68.1 Å². The Morgan fingerprint density at radius 3 is 1.38 bits per heavy atom. The van der Waals surface area contributed by atoms with Crippen LogP contribution in [0.3, 0.4) is 0 Å². The van der Waals surface area contributed by atoms with Gasteiger partial charge in [0.25, 0.3) is 11.8 Å². The second-order valence-corrected chi connectivity index (χ2v) is 8.14. The standard InChI is InChI=1S/C12H8S2.F6P/c1-2-6-10-9(5-1)13-11-7-3-4-8-12(11)14-10;1-7(2,3,4,5)6/h1-8H;/q+1;-1. The van der Waals surface area contributed by atoms with E-state index in [2.05, 4.69) is 48.5 Å². The maximum atomic E-state index is 9.87. The van der Waals surface area contributed by atoms with E-state index in [9.17, 15) is 25.2 Å². The zero-order valence-corrected chi connectivity index (χ0v) is 12.7. The summed E-state index contributed by atoms with van der Waals surface area (Å²) < 4.78 is 59.2. The van der Waals surface area contributed by atoms with E-state index in [1.54, 1.807) is 0 Å². The third-order valence-electron chi connectivity index (χ3n) is 2.14. The summed E-state index contributed by atoms with van der Waals surface area (Å²) in [5.41, 5.74) is 0. The SMILES string of the molecule is F[P-](F)(F)(F)(F)F.c1ccc2c(c1)Sc1ccccc1[S+]2. The third-order valence-corrected chi connectivity index (χ3v) is 4.70. The minimum atomic E-state index is -10.7. The van der Waals surface area contributed by atoms with Crippen molar-refractivity contribution in [3.8, 4) is 0 Å². The van der Waals surface area contributed by atoms with E-state index >= 15 is 0 Å². The van der Waals surface area contributed by atoms with Gasteiger partial charge in [-0.05, 0) is 24.3 Å². The number of hydrogen-bond acceptors (Lipinski definition) is 2. The van der Waals surface area contributed by atoms with E-state index in [1.165, 1.54) is 19.6 Å². The van der Waals surface area contributed by atoms with Crippen molar-refractivity contribution < 1.29 is 25.2 Å². The van der Waals surface area contributed by atoms with Gasteiger partial charge in [-0.2, -0.15) is 0 Å². The second kappa shape index (κ2) is 4.83. The minimum Gasteiger partial charge on any atom is -0.0791 e. The molecule has 2 aromatic carbocycles. The molecule has 0 amide bonds. The van der Waals surface area contributed by atoms with Crippen LogP contribution in [0.25, 0.3) is 0 Å². The number of benzene rings is 2. The minimum absolute atomic E-state index is 1.37. The van der Waals surface area contributed by atoms with Gasteiger partial charge >= 0.3 is 33.0 Å². The first kappa shape index (κ1) is 16.5. The van der Waals surface area contributed by atoms with Crippen LogP contribution in [0, 0.1) is 0 Å². The molecule has 0 nitrogen and oxygen atoms in total. The van der Waals surface area contributed by atoms with Gasteiger partial charge in [0.15, 0.2) is 0 Å². The molecule has 3 rings (SSSR count). The van der Waals surface area contributed by atoms with E-state index < -0.39 is 7.81 Å². The van der Waals surface area contributed by atoms with Gasteiger partial charge in [-0.3, -0.25) is 0 Å². The van der Waals surface area contributed by atoms with Gasteiger partial charge in [0, 0.05) is 0 Å². The summed E-state index contributed by atoms with van der Waals surface area (Å²) in [4.78, 5) is 5.49. The van der Waals surface area contributed by atoms with Crippen molar-refractivity contribution in [2.45, 2.75) is 19.6 Å². The van der Waals surface area contributed by atoms with Crippen LogP contribution < -0.4 is 0 Å². The molecule has 0 spiro atoms. The largest absolute Gasteiger partial charge is 0.287 e. The Hall–Kier alpha value is -0.850. The summed E-state index contributed by atoms with van der Waals surface area (Å²) in [6.07, 6.45) is 0. The first-order chi connectivity index (χ1) is 9.38. The van der Waals surface area contributed by atoms with Crippen LogP contribution in [0.5, 0.6) is 0 Å². The zero-order valence-electron chi connectivity index (χ0n) is 10.2. The molecule has 0 unspecified atom stereocenters. The predicted octanol–water partition coefficient (Wildman–Crippen LogP) is 7.03. The van der Waals surface area contributed by atoms with Crippen LogP contribution in [-0.2, 0) is 11.8 Å². The number of halogens is 6. The first-order valence-corrected chi connectivity index (χ1v) is 9.15. The molecule has 0 atom stereocenters. The summed E-state index contributed by atoms with van der Waals surface area (Å²) in [5.74, 6) is 0. The van der Waals surface area contributed by atoms with E-state index in [1.807, 2.05) is 23.5 Å². The fraction of sp³-hybridized carbons (Fsp3) is 0. The van der Waals surface area contributed by atoms with Crippen molar-refractivity contribution in [3.63, 3.8) is 0 Å². The predicted molar refractivity (Wildman–Crippen MR) is 74.5 cm³/mol. The molecule has 0 N–H and O–H groups in total. The Kier molecular flexibility index (Phi) is 3.80. The molecule has 9 heteroatoms. The molecule has 0 aliphatic carbocycles. The van der Waals surface area contributed by atoms with Crippen molar-refractivity contribution in [2.24, 2.45) is 0 Å². The summed E-state index contributed by atoms with van der Waals surface area (Å²) in [5, 5.41) is 0. The Balaban J connectivity index is 0.000000199. The Morgan fingerprint density at radius 2 is 1.00 bits per heavy atom. The molecule has 0 saturated carbocycles. The van der Waals surface area contributed by atoms with E-state index in [0.717, 1.165) is 0 Å². The topological polar surface area (TPSA) is 0 Å². The van der Waals surface area contributed by atoms with Gasteiger partial charge in [0.1, 0.15) is 0 Å². The van der Waals surface area contributed by atoms with Crippen molar-refractivity contribution in [1.82, 2.24) is 0 Å². The molecule has 21 heavy (non-hydrogen) atoms. The first-order valence-electron chi connectivity index (χ1n) is 5.49. The van der Waals surface area contributed by atoms with Gasteiger partial charge in [0.05, 0.1) is 9.79 Å². The van der Waals surface area contributed by atoms with Crippen LogP contribution in [0.2, 0.25) is 0 Å².